The highest BCUT2D eigenvalue weighted by Gasteiger charge is 2.32. The summed E-state index contributed by atoms with van der Waals surface area (Å²) in [6.45, 7) is 0.480. The molecule has 0 bridgehead atoms. The summed E-state index contributed by atoms with van der Waals surface area (Å²) >= 11 is 0. The molecule has 1 fully saturated rings. The molecule has 1 amide bonds. The van der Waals surface area contributed by atoms with Gasteiger partial charge in [0.1, 0.15) is 11.7 Å². The van der Waals surface area contributed by atoms with Crippen LogP contribution < -0.4 is 4.90 Å². The molecular formula is C13H14FNO3. The number of anilines is 1. The first kappa shape index (κ1) is 12.5. The normalized spacial score (nSPS) is 20.6. The van der Waals surface area contributed by atoms with E-state index >= 15 is 0 Å². The lowest BCUT2D eigenvalue weighted by Crippen LogP contribution is -2.38. The quantitative estimate of drug-likeness (QED) is 0.818. The third-order valence-electron chi connectivity index (χ3n) is 3.13. The first-order chi connectivity index (χ1) is 8.59. The molecule has 0 aliphatic carbocycles. The number of carbonyl (C=O) groups is 2. The molecule has 2 rings (SSSR count). The average molecular weight is 251 g/mol. The summed E-state index contributed by atoms with van der Waals surface area (Å²) in [6.07, 6.45) is 1.83. The van der Waals surface area contributed by atoms with Gasteiger partial charge in [-0.3, -0.25) is 9.59 Å². The van der Waals surface area contributed by atoms with Crippen molar-refractivity contribution < 1.29 is 19.1 Å². The van der Waals surface area contributed by atoms with Gasteiger partial charge in [0, 0.05) is 12.2 Å². The molecule has 0 saturated carbocycles. The minimum absolute atomic E-state index is 0.367. The second-order valence-electron chi connectivity index (χ2n) is 4.35. The number of nitrogens with zero attached hydrogens (tertiary/aromatic N) is 1. The van der Waals surface area contributed by atoms with Crippen molar-refractivity contribution in [3.63, 3.8) is 0 Å². The molecule has 0 radical (unpaired) electrons. The Morgan fingerprint density at radius 3 is 2.56 bits per heavy atom. The number of aliphatic carboxylic acids is 1. The van der Waals surface area contributed by atoms with Gasteiger partial charge in [-0.1, -0.05) is 6.42 Å². The van der Waals surface area contributed by atoms with Crippen LogP contribution in [0.3, 0.4) is 0 Å². The molecule has 1 heterocycles. The second kappa shape index (κ2) is 5.16. The Balaban J connectivity index is 2.27. The average Bonchev–Trinajstić information content (AvgIpc) is 2.52. The van der Waals surface area contributed by atoms with E-state index < -0.39 is 17.8 Å². The van der Waals surface area contributed by atoms with Crippen LogP contribution in [-0.4, -0.2) is 23.5 Å². The van der Waals surface area contributed by atoms with Gasteiger partial charge >= 0.3 is 5.97 Å². The SMILES string of the molecule is O=C(O)C1CCCCN(c2ccc(F)cc2)C1=O. The number of hydrogen-bond acceptors (Lipinski definition) is 2. The van der Waals surface area contributed by atoms with Crippen molar-refractivity contribution >= 4 is 17.6 Å². The van der Waals surface area contributed by atoms with Crippen molar-refractivity contribution in [3.05, 3.63) is 30.1 Å². The van der Waals surface area contributed by atoms with Crippen LogP contribution in [0.1, 0.15) is 19.3 Å². The molecule has 4 nitrogen and oxygen atoms in total. The van der Waals surface area contributed by atoms with Crippen molar-refractivity contribution in [2.45, 2.75) is 19.3 Å². The highest BCUT2D eigenvalue weighted by atomic mass is 19.1. The van der Waals surface area contributed by atoms with Crippen molar-refractivity contribution in [1.29, 1.82) is 0 Å². The van der Waals surface area contributed by atoms with Crippen LogP contribution in [0.5, 0.6) is 0 Å². The summed E-state index contributed by atoms with van der Waals surface area (Å²) in [6, 6.07) is 5.53. The Bertz CT molecular complexity index is 458. The highest BCUT2D eigenvalue weighted by Crippen LogP contribution is 2.24. The van der Waals surface area contributed by atoms with Crippen LogP contribution >= 0.6 is 0 Å². The van der Waals surface area contributed by atoms with Crippen LogP contribution in [-0.2, 0) is 9.59 Å². The largest absolute Gasteiger partial charge is 0.481 e. The van der Waals surface area contributed by atoms with E-state index in [2.05, 4.69) is 0 Å². The number of carboxylic acid groups (broad SMARTS) is 1. The third kappa shape index (κ3) is 2.50. The number of hydrogen-bond donors (Lipinski definition) is 1. The molecule has 96 valence electrons. The Labute approximate surface area is 104 Å². The van der Waals surface area contributed by atoms with Gasteiger partial charge < -0.3 is 10.0 Å². The van der Waals surface area contributed by atoms with Gasteiger partial charge in [-0.15, -0.1) is 0 Å². The molecule has 1 atom stereocenters. The minimum Gasteiger partial charge on any atom is -0.481 e. The first-order valence-corrected chi connectivity index (χ1v) is 5.89. The van der Waals surface area contributed by atoms with Crippen LogP contribution in [0.25, 0.3) is 0 Å². The molecule has 5 heteroatoms. The van der Waals surface area contributed by atoms with Crippen molar-refractivity contribution in [2.75, 3.05) is 11.4 Å². The van der Waals surface area contributed by atoms with Crippen molar-refractivity contribution in [2.24, 2.45) is 5.92 Å². The number of benzene rings is 1. The summed E-state index contributed by atoms with van der Waals surface area (Å²) in [5.41, 5.74) is 0.551. The predicted molar refractivity (Wildman–Crippen MR) is 63.7 cm³/mol. The van der Waals surface area contributed by atoms with Gasteiger partial charge in [0.2, 0.25) is 5.91 Å². The molecule has 1 aliphatic heterocycles. The fraction of sp³-hybridized carbons (Fsp3) is 0.385. The summed E-state index contributed by atoms with van der Waals surface area (Å²) in [7, 11) is 0. The highest BCUT2D eigenvalue weighted by molar-refractivity contribution is 6.05. The smallest absolute Gasteiger partial charge is 0.316 e. The summed E-state index contributed by atoms with van der Waals surface area (Å²) in [5.74, 6) is -2.87. The predicted octanol–water partition coefficient (Wildman–Crippen LogP) is 2.04. The van der Waals surface area contributed by atoms with Crippen LogP contribution in [0.15, 0.2) is 24.3 Å². The Morgan fingerprint density at radius 2 is 1.94 bits per heavy atom. The molecule has 1 aliphatic rings. The second-order valence-corrected chi connectivity index (χ2v) is 4.35. The standard InChI is InChI=1S/C13H14FNO3/c14-9-4-6-10(7-5-9)15-8-2-1-3-11(12(15)16)13(17)18/h4-7,11H,1-3,8H2,(H,17,18). The lowest BCUT2D eigenvalue weighted by molar-refractivity contribution is -0.146. The Morgan fingerprint density at radius 1 is 1.28 bits per heavy atom. The van der Waals surface area contributed by atoms with Crippen molar-refractivity contribution in [1.82, 2.24) is 0 Å². The number of halogens is 1. The molecular weight excluding hydrogens is 237 g/mol. The zero-order valence-corrected chi connectivity index (χ0v) is 9.80. The topological polar surface area (TPSA) is 57.6 Å². The molecule has 1 unspecified atom stereocenters. The monoisotopic (exact) mass is 251 g/mol. The Hall–Kier alpha value is -1.91. The lowest BCUT2D eigenvalue weighted by atomic mass is 10.0. The van der Waals surface area contributed by atoms with Gasteiger partial charge in [-0.25, -0.2) is 4.39 Å². The number of carboxylic acids is 1. The fourth-order valence-electron chi connectivity index (χ4n) is 2.15. The zero-order valence-electron chi connectivity index (χ0n) is 9.80. The van der Waals surface area contributed by atoms with Crippen LogP contribution in [0.4, 0.5) is 10.1 Å². The number of rotatable bonds is 2. The van der Waals surface area contributed by atoms with E-state index in [4.69, 9.17) is 5.11 Å². The zero-order chi connectivity index (χ0) is 13.1. The van der Waals surface area contributed by atoms with Crippen molar-refractivity contribution in [3.8, 4) is 0 Å². The van der Waals surface area contributed by atoms with E-state index in [-0.39, 0.29) is 5.82 Å². The molecule has 1 N–H and O–H groups in total. The maximum absolute atomic E-state index is 12.8. The minimum atomic E-state index is -1.09. The summed E-state index contributed by atoms with van der Waals surface area (Å²) < 4.78 is 12.8. The van der Waals surface area contributed by atoms with E-state index in [1.165, 1.54) is 29.2 Å². The van der Waals surface area contributed by atoms with Gasteiger partial charge in [-0.05, 0) is 37.1 Å². The molecule has 0 spiro atoms. The van der Waals surface area contributed by atoms with E-state index in [0.29, 0.717) is 25.1 Å². The molecule has 18 heavy (non-hydrogen) atoms. The van der Waals surface area contributed by atoms with E-state index in [0.717, 1.165) is 6.42 Å². The van der Waals surface area contributed by atoms with E-state index in [1.54, 1.807) is 0 Å². The maximum atomic E-state index is 12.8. The summed E-state index contributed by atoms with van der Waals surface area (Å²) in [5, 5.41) is 9.03. The maximum Gasteiger partial charge on any atom is 0.316 e. The fourth-order valence-corrected chi connectivity index (χ4v) is 2.15. The summed E-state index contributed by atoms with van der Waals surface area (Å²) in [4.78, 5) is 24.6. The first-order valence-electron chi connectivity index (χ1n) is 5.89. The number of amides is 1. The van der Waals surface area contributed by atoms with Crippen LogP contribution in [0, 0.1) is 11.7 Å². The molecule has 0 aromatic heterocycles. The van der Waals surface area contributed by atoms with E-state index in [1.807, 2.05) is 0 Å². The van der Waals surface area contributed by atoms with Gasteiger partial charge in [0.25, 0.3) is 0 Å². The van der Waals surface area contributed by atoms with Crippen LogP contribution in [0.2, 0.25) is 0 Å². The van der Waals surface area contributed by atoms with Gasteiger partial charge in [-0.2, -0.15) is 0 Å². The Kier molecular flexibility index (Phi) is 3.60. The van der Waals surface area contributed by atoms with E-state index in [9.17, 15) is 14.0 Å². The third-order valence-corrected chi connectivity index (χ3v) is 3.13. The molecule has 1 aromatic rings. The van der Waals surface area contributed by atoms with Gasteiger partial charge in [0.15, 0.2) is 0 Å². The lowest BCUT2D eigenvalue weighted by Gasteiger charge is -2.22. The molecule has 1 aromatic carbocycles. The number of carbonyl (C=O) groups excluding carboxylic acids is 1. The van der Waals surface area contributed by atoms with Gasteiger partial charge in [0.05, 0.1) is 0 Å². The molecule has 1 saturated heterocycles.